The zero-order chi connectivity index (χ0) is 20.0. The fraction of sp³-hybridized carbons (Fsp3) is 0.529. The molecule has 0 aromatic heterocycles. The molecule has 1 aromatic rings. The van der Waals surface area contributed by atoms with Crippen molar-refractivity contribution in [1.29, 1.82) is 0 Å². The van der Waals surface area contributed by atoms with Crippen LogP contribution in [0.15, 0.2) is 24.3 Å². The van der Waals surface area contributed by atoms with Gasteiger partial charge in [0.05, 0.1) is 5.92 Å². The molecule has 2 saturated heterocycles. The third-order valence-electron chi connectivity index (χ3n) is 4.80. The lowest BCUT2D eigenvalue weighted by Gasteiger charge is -2.33. The van der Waals surface area contributed by atoms with Gasteiger partial charge in [0.2, 0.25) is 11.8 Å². The van der Waals surface area contributed by atoms with Gasteiger partial charge >= 0.3 is 10.4 Å². The average molecular weight is 399 g/mol. The van der Waals surface area contributed by atoms with Crippen LogP contribution in [0, 0.1) is 0 Å². The highest BCUT2D eigenvalue weighted by Crippen LogP contribution is 2.27. The van der Waals surface area contributed by atoms with E-state index in [1.54, 1.807) is 0 Å². The Balaban J connectivity index is 0.000000465. The summed E-state index contributed by atoms with van der Waals surface area (Å²) in [5.74, 6) is -0.522. The Morgan fingerprint density at radius 3 is 2.11 bits per heavy atom. The molecule has 4 N–H and O–H groups in total. The predicted molar refractivity (Wildman–Crippen MR) is 100 cm³/mol. The maximum Gasteiger partial charge on any atom is 0.394 e. The van der Waals surface area contributed by atoms with Gasteiger partial charge in [-0.3, -0.25) is 24.0 Å². The third-order valence-corrected chi connectivity index (χ3v) is 4.80. The summed E-state index contributed by atoms with van der Waals surface area (Å²) in [6.45, 7) is 2.12. The molecule has 0 bridgehead atoms. The normalized spacial score (nSPS) is 21.3. The monoisotopic (exact) mass is 399 g/mol. The maximum atomic E-state index is 11.9. The van der Waals surface area contributed by atoms with Crippen molar-refractivity contribution in [2.75, 3.05) is 25.0 Å². The second-order valence-corrected chi connectivity index (χ2v) is 7.49. The lowest BCUT2D eigenvalue weighted by atomic mass is 9.90. The van der Waals surface area contributed by atoms with Crippen LogP contribution < -0.4 is 15.5 Å². The van der Waals surface area contributed by atoms with Gasteiger partial charge in [-0.05, 0) is 44.0 Å². The number of piperidine rings is 2. The maximum absolute atomic E-state index is 11.9. The number of benzene rings is 1. The van der Waals surface area contributed by atoms with Crippen LogP contribution in [0.3, 0.4) is 0 Å². The number of imide groups is 1. The largest absolute Gasteiger partial charge is 0.394 e. The van der Waals surface area contributed by atoms with Gasteiger partial charge in [-0.15, -0.1) is 0 Å². The van der Waals surface area contributed by atoms with Crippen molar-refractivity contribution in [3.05, 3.63) is 29.8 Å². The Morgan fingerprint density at radius 2 is 1.63 bits per heavy atom. The van der Waals surface area contributed by atoms with Crippen molar-refractivity contribution in [2.24, 2.45) is 0 Å². The minimum absolute atomic E-state index is 0.162. The second kappa shape index (κ2) is 9.27. The lowest BCUT2D eigenvalue weighted by molar-refractivity contribution is -0.134. The van der Waals surface area contributed by atoms with Gasteiger partial charge < -0.3 is 10.2 Å². The average Bonchev–Trinajstić information content (AvgIpc) is 2.61. The molecule has 0 saturated carbocycles. The molecule has 2 fully saturated rings. The Kier molecular flexibility index (Phi) is 7.31. The molecule has 0 spiro atoms. The molecule has 0 aliphatic carbocycles. The first-order valence-electron chi connectivity index (χ1n) is 8.73. The number of hydrogen-bond acceptors (Lipinski definition) is 6. The van der Waals surface area contributed by atoms with Crippen LogP contribution in [0.1, 0.15) is 37.2 Å². The molecule has 1 unspecified atom stereocenters. The molecular formula is C17H25N3O6S. The third kappa shape index (κ3) is 6.90. The van der Waals surface area contributed by atoms with E-state index in [-0.39, 0.29) is 17.7 Å². The molecule has 2 amide bonds. The van der Waals surface area contributed by atoms with Crippen LogP contribution in [-0.2, 0) is 20.0 Å². The number of nitrogens with one attached hydrogen (secondary N) is 2. The van der Waals surface area contributed by atoms with Crippen molar-refractivity contribution < 1.29 is 27.1 Å². The summed E-state index contributed by atoms with van der Waals surface area (Å²) in [6, 6.07) is 8.87. The van der Waals surface area contributed by atoms with E-state index in [0.29, 0.717) is 18.9 Å². The smallest absolute Gasteiger partial charge is 0.371 e. The van der Waals surface area contributed by atoms with Crippen molar-refractivity contribution in [3.8, 4) is 0 Å². The van der Waals surface area contributed by atoms with E-state index < -0.39 is 10.4 Å². The minimum Gasteiger partial charge on any atom is -0.371 e. The van der Waals surface area contributed by atoms with Crippen molar-refractivity contribution in [3.63, 3.8) is 0 Å². The van der Waals surface area contributed by atoms with E-state index >= 15 is 0 Å². The number of amides is 2. The van der Waals surface area contributed by atoms with Crippen LogP contribution in [-0.4, -0.2) is 55.5 Å². The SMILES string of the molecule is CNC1CCN(c2ccc(C3CCC(=O)NC3=O)cc2)CC1.O=S(=O)(O)O. The van der Waals surface area contributed by atoms with Crippen LogP contribution in [0.2, 0.25) is 0 Å². The summed E-state index contributed by atoms with van der Waals surface area (Å²) in [5.41, 5.74) is 2.21. The minimum atomic E-state index is -4.67. The number of hydrogen-bond donors (Lipinski definition) is 4. The zero-order valence-electron chi connectivity index (χ0n) is 15.1. The fourth-order valence-corrected chi connectivity index (χ4v) is 3.36. The molecule has 10 heteroatoms. The van der Waals surface area contributed by atoms with E-state index in [0.717, 1.165) is 31.5 Å². The van der Waals surface area contributed by atoms with E-state index in [9.17, 15) is 9.59 Å². The van der Waals surface area contributed by atoms with Crippen LogP contribution in [0.5, 0.6) is 0 Å². The number of rotatable bonds is 3. The molecule has 9 nitrogen and oxygen atoms in total. The number of carbonyl (C=O) groups is 2. The summed E-state index contributed by atoms with van der Waals surface area (Å²) in [6.07, 6.45) is 3.35. The first-order valence-corrected chi connectivity index (χ1v) is 10.1. The number of carbonyl (C=O) groups excluding carboxylic acids is 2. The van der Waals surface area contributed by atoms with E-state index in [4.69, 9.17) is 17.5 Å². The van der Waals surface area contributed by atoms with E-state index in [2.05, 4.69) is 27.7 Å². The summed E-state index contributed by atoms with van der Waals surface area (Å²) < 4.78 is 31.6. The van der Waals surface area contributed by atoms with Crippen LogP contribution >= 0.6 is 0 Å². The molecule has 2 aliphatic rings. The molecule has 2 heterocycles. The molecule has 1 atom stereocenters. The molecule has 3 rings (SSSR count). The Morgan fingerprint density at radius 1 is 1.07 bits per heavy atom. The summed E-state index contributed by atoms with van der Waals surface area (Å²) in [7, 11) is -2.64. The van der Waals surface area contributed by atoms with E-state index in [1.165, 1.54) is 5.69 Å². The molecule has 2 aliphatic heterocycles. The van der Waals surface area contributed by atoms with Gasteiger partial charge in [-0.1, -0.05) is 12.1 Å². The van der Waals surface area contributed by atoms with Gasteiger partial charge in [0.1, 0.15) is 0 Å². The Hall–Kier alpha value is -2.01. The first-order chi connectivity index (χ1) is 12.7. The van der Waals surface area contributed by atoms with Crippen molar-refractivity contribution >= 4 is 27.9 Å². The summed E-state index contributed by atoms with van der Waals surface area (Å²) in [5, 5.41) is 5.76. The topological polar surface area (TPSA) is 136 Å². The Labute approximate surface area is 158 Å². The fourth-order valence-electron chi connectivity index (χ4n) is 3.36. The molecule has 0 radical (unpaired) electrons. The van der Waals surface area contributed by atoms with Crippen molar-refractivity contribution in [1.82, 2.24) is 10.6 Å². The number of nitrogens with zero attached hydrogens (tertiary/aromatic N) is 1. The van der Waals surface area contributed by atoms with Gasteiger partial charge in [-0.2, -0.15) is 8.42 Å². The molecular weight excluding hydrogens is 374 g/mol. The molecule has 1 aromatic carbocycles. The van der Waals surface area contributed by atoms with Crippen molar-refractivity contribution in [2.45, 2.75) is 37.6 Å². The van der Waals surface area contributed by atoms with Gasteiger partial charge in [0.25, 0.3) is 0 Å². The first kappa shape index (κ1) is 21.3. The molecule has 150 valence electrons. The highest BCUT2D eigenvalue weighted by atomic mass is 32.3. The quantitative estimate of drug-likeness (QED) is 0.432. The van der Waals surface area contributed by atoms with E-state index in [1.807, 2.05) is 19.2 Å². The van der Waals surface area contributed by atoms with Gasteiger partial charge in [0, 0.05) is 31.2 Å². The number of anilines is 1. The van der Waals surface area contributed by atoms with Gasteiger partial charge in [-0.25, -0.2) is 0 Å². The predicted octanol–water partition coefficient (Wildman–Crippen LogP) is 0.742. The lowest BCUT2D eigenvalue weighted by Crippen LogP contribution is -2.41. The van der Waals surface area contributed by atoms with Crippen LogP contribution in [0.25, 0.3) is 0 Å². The highest BCUT2D eigenvalue weighted by Gasteiger charge is 2.28. The standard InChI is InChI=1S/C17H23N3O2.H2O4S/c1-18-13-8-10-20(11-9-13)14-4-2-12(3-5-14)15-6-7-16(21)19-17(15)22;1-5(2,3)4/h2-5,13,15,18H,6-11H2,1H3,(H,19,21,22);(H2,1,2,3,4). The molecule has 27 heavy (non-hydrogen) atoms. The van der Waals surface area contributed by atoms with Gasteiger partial charge in [0.15, 0.2) is 0 Å². The zero-order valence-corrected chi connectivity index (χ0v) is 15.9. The highest BCUT2D eigenvalue weighted by molar-refractivity contribution is 7.79. The summed E-state index contributed by atoms with van der Waals surface area (Å²) in [4.78, 5) is 25.5. The second-order valence-electron chi connectivity index (χ2n) is 6.59. The summed E-state index contributed by atoms with van der Waals surface area (Å²) >= 11 is 0. The Bertz CT molecular complexity index is 749. The van der Waals surface area contributed by atoms with Crippen LogP contribution in [0.4, 0.5) is 5.69 Å².